The van der Waals surface area contributed by atoms with Crippen molar-refractivity contribution in [2.45, 2.75) is 32.6 Å². The SMILES string of the molecule is CCOC(=O)c1ccc(NC(=O)COc2ccc3oc4c(c3c2)CCCC4)cc1. The molecule has 0 saturated heterocycles. The molecule has 0 saturated carbocycles. The largest absolute Gasteiger partial charge is 0.484 e. The fourth-order valence-corrected chi connectivity index (χ4v) is 3.58. The summed E-state index contributed by atoms with van der Waals surface area (Å²) in [7, 11) is 0. The molecule has 0 spiro atoms. The molecule has 29 heavy (non-hydrogen) atoms. The molecule has 0 atom stereocenters. The van der Waals surface area contributed by atoms with Gasteiger partial charge in [-0.3, -0.25) is 4.79 Å². The highest BCUT2D eigenvalue weighted by atomic mass is 16.5. The molecule has 6 nitrogen and oxygen atoms in total. The third-order valence-electron chi connectivity index (χ3n) is 4.98. The monoisotopic (exact) mass is 393 g/mol. The Balaban J connectivity index is 1.36. The van der Waals surface area contributed by atoms with Gasteiger partial charge in [-0.2, -0.15) is 0 Å². The Labute approximate surface area is 168 Å². The fraction of sp³-hybridized carbons (Fsp3) is 0.304. The lowest BCUT2D eigenvalue weighted by atomic mass is 9.96. The topological polar surface area (TPSA) is 77.8 Å². The van der Waals surface area contributed by atoms with Gasteiger partial charge >= 0.3 is 5.97 Å². The lowest BCUT2D eigenvalue weighted by molar-refractivity contribution is -0.118. The van der Waals surface area contributed by atoms with Gasteiger partial charge in [-0.25, -0.2) is 4.79 Å². The number of benzene rings is 2. The number of aryl methyl sites for hydroxylation is 2. The number of nitrogens with one attached hydrogen (secondary N) is 1. The molecule has 1 N–H and O–H groups in total. The van der Waals surface area contributed by atoms with Crippen molar-refractivity contribution in [2.24, 2.45) is 0 Å². The Hall–Kier alpha value is -3.28. The van der Waals surface area contributed by atoms with E-state index in [9.17, 15) is 9.59 Å². The minimum atomic E-state index is -0.384. The molecular weight excluding hydrogens is 370 g/mol. The number of carbonyl (C=O) groups is 2. The molecule has 0 fully saturated rings. The van der Waals surface area contributed by atoms with Gasteiger partial charge in [0.2, 0.25) is 0 Å². The maximum absolute atomic E-state index is 12.2. The summed E-state index contributed by atoms with van der Waals surface area (Å²) in [5, 5.41) is 3.83. The molecule has 4 rings (SSSR count). The van der Waals surface area contributed by atoms with Crippen molar-refractivity contribution >= 4 is 28.5 Å². The standard InChI is InChI=1S/C23H23NO5/c1-2-27-23(26)15-7-9-16(10-8-15)24-22(25)14-28-17-11-12-21-19(13-17)18-5-3-4-6-20(18)29-21/h7-13H,2-6,14H2,1H3,(H,24,25). The second-order valence-corrected chi connectivity index (χ2v) is 7.00. The van der Waals surface area contributed by atoms with E-state index in [1.54, 1.807) is 31.2 Å². The highest BCUT2D eigenvalue weighted by Gasteiger charge is 2.18. The molecule has 0 aliphatic heterocycles. The van der Waals surface area contributed by atoms with Crippen LogP contribution >= 0.6 is 0 Å². The second kappa shape index (κ2) is 8.39. The van der Waals surface area contributed by atoms with Crippen LogP contribution < -0.4 is 10.1 Å². The summed E-state index contributed by atoms with van der Waals surface area (Å²) in [4.78, 5) is 23.9. The van der Waals surface area contributed by atoms with E-state index in [4.69, 9.17) is 13.9 Å². The number of esters is 1. The number of hydrogen-bond donors (Lipinski definition) is 1. The number of carbonyl (C=O) groups excluding carboxylic acids is 2. The quantitative estimate of drug-likeness (QED) is 0.624. The third-order valence-corrected chi connectivity index (χ3v) is 4.98. The molecule has 1 aliphatic carbocycles. The number of hydrogen-bond acceptors (Lipinski definition) is 5. The van der Waals surface area contributed by atoms with Crippen LogP contribution in [0.5, 0.6) is 5.75 Å². The van der Waals surface area contributed by atoms with Gasteiger partial charge in [0.05, 0.1) is 12.2 Å². The summed E-state index contributed by atoms with van der Waals surface area (Å²) >= 11 is 0. The molecule has 3 aromatic rings. The first-order valence-electron chi connectivity index (χ1n) is 9.88. The summed E-state index contributed by atoms with van der Waals surface area (Å²) in [6.07, 6.45) is 4.34. The van der Waals surface area contributed by atoms with E-state index >= 15 is 0 Å². The van der Waals surface area contributed by atoms with E-state index in [0.29, 0.717) is 23.6 Å². The first-order chi connectivity index (χ1) is 14.1. The predicted octanol–water partition coefficient (Wildman–Crippen LogP) is 4.51. The van der Waals surface area contributed by atoms with Crippen LogP contribution in [-0.4, -0.2) is 25.1 Å². The van der Waals surface area contributed by atoms with E-state index in [0.717, 1.165) is 36.0 Å². The molecule has 150 valence electrons. The lowest BCUT2D eigenvalue weighted by Gasteiger charge is -2.10. The Kier molecular flexibility index (Phi) is 5.51. The highest BCUT2D eigenvalue weighted by Crippen LogP contribution is 2.33. The van der Waals surface area contributed by atoms with E-state index < -0.39 is 0 Å². The van der Waals surface area contributed by atoms with Crippen molar-refractivity contribution < 1.29 is 23.5 Å². The van der Waals surface area contributed by atoms with Crippen LogP contribution in [0.2, 0.25) is 0 Å². The molecule has 2 aromatic carbocycles. The average Bonchev–Trinajstić information content (AvgIpc) is 3.11. The molecule has 0 bridgehead atoms. The van der Waals surface area contributed by atoms with Crippen LogP contribution in [0.15, 0.2) is 46.9 Å². The first kappa shape index (κ1) is 19.1. The van der Waals surface area contributed by atoms with E-state index in [1.165, 1.54) is 12.0 Å². The van der Waals surface area contributed by atoms with Crippen molar-refractivity contribution in [3.63, 3.8) is 0 Å². The van der Waals surface area contributed by atoms with Crippen LogP contribution in [0, 0.1) is 0 Å². The van der Waals surface area contributed by atoms with Gasteiger partial charge in [-0.15, -0.1) is 0 Å². The number of anilines is 1. The molecule has 1 aliphatic rings. The molecule has 1 heterocycles. The van der Waals surface area contributed by atoms with Crippen LogP contribution in [0.25, 0.3) is 11.0 Å². The summed E-state index contributed by atoms with van der Waals surface area (Å²) in [6.45, 7) is 1.97. The van der Waals surface area contributed by atoms with Crippen molar-refractivity contribution in [2.75, 3.05) is 18.5 Å². The third kappa shape index (κ3) is 4.26. The van der Waals surface area contributed by atoms with Gasteiger partial charge in [0.25, 0.3) is 5.91 Å². The minimum absolute atomic E-state index is 0.106. The lowest BCUT2D eigenvalue weighted by Crippen LogP contribution is -2.20. The fourth-order valence-electron chi connectivity index (χ4n) is 3.58. The number of rotatable bonds is 6. The minimum Gasteiger partial charge on any atom is -0.484 e. The van der Waals surface area contributed by atoms with E-state index in [1.807, 2.05) is 18.2 Å². The highest BCUT2D eigenvalue weighted by molar-refractivity contribution is 5.94. The Morgan fingerprint density at radius 3 is 2.66 bits per heavy atom. The van der Waals surface area contributed by atoms with Crippen molar-refractivity contribution in [1.82, 2.24) is 0 Å². The van der Waals surface area contributed by atoms with Crippen LogP contribution in [0.1, 0.15) is 41.4 Å². The zero-order valence-electron chi connectivity index (χ0n) is 16.3. The van der Waals surface area contributed by atoms with E-state index in [-0.39, 0.29) is 18.5 Å². The number of amides is 1. The van der Waals surface area contributed by atoms with Gasteiger partial charge in [-0.1, -0.05) is 0 Å². The number of ether oxygens (including phenoxy) is 2. The Morgan fingerprint density at radius 2 is 1.86 bits per heavy atom. The van der Waals surface area contributed by atoms with Gasteiger partial charge in [-0.05, 0) is 68.7 Å². The maximum Gasteiger partial charge on any atom is 0.338 e. The summed E-state index contributed by atoms with van der Waals surface area (Å²) in [6, 6.07) is 12.2. The number of furan rings is 1. The van der Waals surface area contributed by atoms with Gasteiger partial charge in [0.15, 0.2) is 6.61 Å². The summed E-state index contributed by atoms with van der Waals surface area (Å²) < 4.78 is 16.5. The van der Waals surface area contributed by atoms with E-state index in [2.05, 4.69) is 5.32 Å². The zero-order chi connectivity index (χ0) is 20.2. The van der Waals surface area contributed by atoms with Crippen LogP contribution in [0.4, 0.5) is 5.69 Å². The second-order valence-electron chi connectivity index (χ2n) is 7.00. The van der Waals surface area contributed by atoms with Crippen LogP contribution in [-0.2, 0) is 22.4 Å². The van der Waals surface area contributed by atoms with Crippen molar-refractivity contribution in [3.05, 3.63) is 59.4 Å². The van der Waals surface area contributed by atoms with Gasteiger partial charge < -0.3 is 19.2 Å². The van der Waals surface area contributed by atoms with Crippen molar-refractivity contribution in [3.8, 4) is 5.75 Å². The molecule has 0 radical (unpaired) electrons. The zero-order valence-corrected chi connectivity index (χ0v) is 16.3. The van der Waals surface area contributed by atoms with Gasteiger partial charge in [0.1, 0.15) is 17.1 Å². The Morgan fingerprint density at radius 1 is 1.07 bits per heavy atom. The van der Waals surface area contributed by atoms with Crippen LogP contribution in [0.3, 0.4) is 0 Å². The average molecular weight is 393 g/mol. The number of fused-ring (bicyclic) bond motifs is 3. The van der Waals surface area contributed by atoms with Gasteiger partial charge in [0, 0.05) is 23.1 Å². The summed E-state index contributed by atoms with van der Waals surface area (Å²) in [5.74, 6) is 1.06. The maximum atomic E-state index is 12.2. The molecule has 0 unspecified atom stereocenters. The molecular formula is C23H23NO5. The smallest absolute Gasteiger partial charge is 0.338 e. The molecule has 6 heteroatoms. The van der Waals surface area contributed by atoms with Crippen molar-refractivity contribution in [1.29, 1.82) is 0 Å². The first-order valence-corrected chi connectivity index (χ1v) is 9.88. The molecule has 1 amide bonds. The molecule has 1 aromatic heterocycles. The summed E-state index contributed by atoms with van der Waals surface area (Å²) in [5.41, 5.74) is 3.17. The predicted molar refractivity (Wildman–Crippen MR) is 109 cm³/mol. The Bertz CT molecular complexity index is 1040. The normalized spacial score (nSPS) is 13.0.